The van der Waals surface area contributed by atoms with Crippen LogP contribution in [0.4, 0.5) is 8.78 Å². The SMILES string of the molecule is CCC(F)(F)c1nc(Cc2ccc(-c3ccccc3-c3nnn[nH]3)cc2)n(C(C)(C)C)n1. The topological polar surface area (TPSA) is 85.2 Å². The van der Waals surface area contributed by atoms with E-state index in [1.165, 1.54) is 6.92 Å². The largest absolute Gasteiger partial charge is 0.308 e. The Kier molecular flexibility index (Phi) is 5.58. The average molecular weight is 437 g/mol. The minimum absolute atomic E-state index is 0.338. The van der Waals surface area contributed by atoms with Gasteiger partial charge in [-0.3, -0.25) is 0 Å². The van der Waals surface area contributed by atoms with Crippen LogP contribution in [0.3, 0.4) is 0 Å². The molecule has 9 heteroatoms. The molecular weight excluding hydrogens is 412 g/mol. The van der Waals surface area contributed by atoms with Gasteiger partial charge in [-0.1, -0.05) is 55.5 Å². The molecule has 0 aliphatic carbocycles. The van der Waals surface area contributed by atoms with Gasteiger partial charge in [0.15, 0.2) is 5.82 Å². The number of hydrogen-bond acceptors (Lipinski definition) is 5. The Labute approximate surface area is 184 Å². The van der Waals surface area contributed by atoms with Crippen LogP contribution >= 0.6 is 0 Å². The number of rotatable bonds is 6. The van der Waals surface area contributed by atoms with Gasteiger partial charge in [0.05, 0.1) is 5.54 Å². The molecule has 0 unspecified atom stereocenters. The fourth-order valence-corrected chi connectivity index (χ4v) is 3.51. The van der Waals surface area contributed by atoms with Gasteiger partial charge in [-0.15, -0.1) is 10.2 Å². The van der Waals surface area contributed by atoms with E-state index in [2.05, 4.69) is 30.7 Å². The Balaban J connectivity index is 1.65. The van der Waals surface area contributed by atoms with Gasteiger partial charge in [0.1, 0.15) is 5.82 Å². The minimum atomic E-state index is -3.05. The highest BCUT2D eigenvalue weighted by atomic mass is 19.3. The van der Waals surface area contributed by atoms with Crippen molar-refractivity contribution in [2.24, 2.45) is 0 Å². The number of nitrogens with zero attached hydrogens (tertiary/aromatic N) is 6. The molecule has 1 N–H and O–H groups in total. The van der Waals surface area contributed by atoms with E-state index in [1.807, 2.05) is 69.3 Å². The molecule has 32 heavy (non-hydrogen) atoms. The molecule has 2 heterocycles. The molecule has 2 aromatic heterocycles. The zero-order valence-corrected chi connectivity index (χ0v) is 18.5. The first-order valence-corrected chi connectivity index (χ1v) is 10.5. The van der Waals surface area contributed by atoms with Crippen LogP contribution in [0.5, 0.6) is 0 Å². The van der Waals surface area contributed by atoms with Gasteiger partial charge in [0, 0.05) is 18.4 Å². The van der Waals surface area contributed by atoms with Gasteiger partial charge >= 0.3 is 5.92 Å². The number of halogens is 2. The summed E-state index contributed by atoms with van der Waals surface area (Å²) in [5, 5.41) is 18.3. The Hall–Kier alpha value is -3.49. The van der Waals surface area contributed by atoms with Gasteiger partial charge in [-0.25, -0.2) is 14.8 Å². The summed E-state index contributed by atoms with van der Waals surface area (Å²) >= 11 is 0. The smallest absolute Gasteiger partial charge is 0.244 e. The molecule has 0 amide bonds. The molecule has 0 spiro atoms. The number of benzene rings is 2. The third kappa shape index (κ3) is 4.28. The Bertz CT molecular complexity index is 1190. The molecule has 166 valence electrons. The van der Waals surface area contributed by atoms with Gasteiger partial charge in [-0.05, 0) is 47.9 Å². The number of aromatic nitrogens is 7. The lowest BCUT2D eigenvalue weighted by atomic mass is 9.97. The van der Waals surface area contributed by atoms with E-state index in [1.54, 1.807) is 4.68 Å². The molecule has 0 saturated carbocycles. The second-order valence-corrected chi connectivity index (χ2v) is 8.66. The van der Waals surface area contributed by atoms with E-state index in [0.717, 1.165) is 22.3 Å². The summed E-state index contributed by atoms with van der Waals surface area (Å²) in [5.74, 6) is -2.36. The lowest BCUT2D eigenvalue weighted by Gasteiger charge is -2.21. The molecule has 0 aliphatic heterocycles. The van der Waals surface area contributed by atoms with Gasteiger partial charge in [0.2, 0.25) is 5.82 Å². The van der Waals surface area contributed by atoms with Crippen LogP contribution in [0.2, 0.25) is 0 Å². The second kappa shape index (κ2) is 8.22. The Morgan fingerprint density at radius 2 is 1.66 bits per heavy atom. The lowest BCUT2D eigenvalue weighted by Crippen LogP contribution is -2.26. The molecule has 0 bridgehead atoms. The van der Waals surface area contributed by atoms with Crippen molar-refractivity contribution in [2.75, 3.05) is 0 Å². The van der Waals surface area contributed by atoms with Gasteiger partial charge in [0.25, 0.3) is 0 Å². The predicted molar refractivity (Wildman–Crippen MR) is 117 cm³/mol. The van der Waals surface area contributed by atoms with Crippen molar-refractivity contribution < 1.29 is 8.78 Å². The van der Waals surface area contributed by atoms with E-state index in [4.69, 9.17) is 0 Å². The maximum atomic E-state index is 14.2. The first kappa shape index (κ1) is 21.7. The van der Waals surface area contributed by atoms with Gasteiger partial charge in [-0.2, -0.15) is 8.78 Å². The van der Waals surface area contributed by atoms with Crippen LogP contribution in [0, 0.1) is 0 Å². The van der Waals surface area contributed by atoms with Gasteiger partial charge < -0.3 is 0 Å². The summed E-state index contributed by atoms with van der Waals surface area (Å²) in [4.78, 5) is 4.22. The first-order valence-electron chi connectivity index (χ1n) is 10.5. The monoisotopic (exact) mass is 437 g/mol. The van der Waals surface area contributed by atoms with E-state index in [9.17, 15) is 8.78 Å². The Morgan fingerprint density at radius 3 is 2.25 bits per heavy atom. The molecular formula is C23H25F2N7. The lowest BCUT2D eigenvalue weighted by molar-refractivity contribution is -0.0180. The number of H-pyrrole nitrogens is 1. The standard InChI is InChI=1S/C23H25F2N7/c1-5-23(24,25)21-26-19(32(29-21)22(2,3)4)14-15-10-12-16(13-11-15)17-8-6-7-9-18(17)20-27-30-31-28-20/h6-13H,5,14H2,1-4H3,(H,27,28,30,31). The predicted octanol–water partition coefficient (Wildman–Crippen LogP) is 4.97. The molecule has 7 nitrogen and oxygen atoms in total. The highest BCUT2D eigenvalue weighted by molar-refractivity contribution is 5.80. The molecule has 0 saturated heterocycles. The number of nitrogens with one attached hydrogen (secondary N) is 1. The van der Waals surface area contributed by atoms with Crippen molar-refractivity contribution >= 4 is 0 Å². The van der Waals surface area contributed by atoms with Crippen LogP contribution in [0.25, 0.3) is 22.5 Å². The van der Waals surface area contributed by atoms with Crippen LogP contribution < -0.4 is 0 Å². The molecule has 4 aromatic rings. The summed E-state index contributed by atoms with van der Waals surface area (Å²) in [6.07, 6.45) is 0.0629. The zero-order valence-electron chi connectivity index (χ0n) is 18.5. The first-order chi connectivity index (χ1) is 15.2. The third-order valence-electron chi connectivity index (χ3n) is 5.24. The number of hydrogen-bond donors (Lipinski definition) is 1. The minimum Gasteiger partial charge on any atom is -0.244 e. The summed E-state index contributed by atoms with van der Waals surface area (Å²) < 4.78 is 30.1. The van der Waals surface area contributed by atoms with Crippen molar-refractivity contribution in [3.8, 4) is 22.5 Å². The van der Waals surface area contributed by atoms with Crippen LogP contribution in [-0.4, -0.2) is 35.4 Å². The number of tetrazole rings is 1. The highest BCUT2D eigenvalue weighted by Gasteiger charge is 2.36. The zero-order chi connectivity index (χ0) is 22.9. The van der Waals surface area contributed by atoms with Crippen molar-refractivity contribution in [2.45, 2.75) is 52.0 Å². The maximum Gasteiger partial charge on any atom is 0.308 e. The van der Waals surface area contributed by atoms with E-state index >= 15 is 0 Å². The summed E-state index contributed by atoms with van der Waals surface area (Å²) in [6.45, 7) is 7.22. The number of aromatic amines is 1. The normalized spacial score (nSPS) is 12.3. The molecule has 4 rings (SSSR count). The second-order valence-electron chi connectivity index (χ2n) is 8.66. The summed E-state index contributed by atoms with van der Waals surface area (Å²) in [7, 11) is 0. The molecule has 0 radical (unpaired) electrons. The molecule has 0 fully saturated rings. The molecule has 0 atom stereocenters. The molecule has 2 aromatic carbocycles. The maximum absolute atomic E-state index is 14.2. The summed E-state index contributed by atoms with van der Waals surface area (Å²) in [6, 6.07) is 15.8. The van der Waals surface area contributed by atoms with Crippen LogP contribution in [-0.2, 0) is 17.9 Å². The average Bonchev–Trinajstić information content (AvgIpc) is 3.45. The fraction of sp³-hybridized carbons (Fsp3) is 0.348. The van der Waals surface area contributed by atoms with Crippen molar-refractivity contribution in [1.29, 1.82) is 0 Å². The van der Waals surface area contributed by atoms with Crippen LogP contribution in [0.15, 0.2) is 48.5 Å². The van der Waals surface area contributed by atoms with Crippen LogP contribution in [0.1, 0.15) is 51.3 Å². The van der Waals surface area contributed by atoms with Crippen molar-refractivity contribution in [3.63, 3.8) is 0 Å². The fourth-order valence-electron chi connectivity index (χ4n) is 3.51. The molecule has 0 aliphatic rings. The highest BCUT2D eigenvalue weighted by Crippen LogP contribution is 2.32. The van der Waals surface area contributed by atoms with Crippen molar-refractivity contribution in [1.82, 2.24) is 35.4 Å². The third-order valence-corrected chi connectivity index (χ3v) is 5.24. The summed E-state index contributed by atoms with van der Waals surface area (Å²) in [5.41, 5.74) is 3.37. The van der Waals surface area contributed by atoms with Crippen molar-refractivity contribution in [3.05, 3.63) is 65.7 Å². The van der Waals surface area contributed by atoms with E-state index in [-0.39, 0.29) is 6.42 Å². The number of alkyl halides is 2. The quantitative estimate of drug-likeness (QED) is 0.460. The van der Waals surface area contributed by atoms with E-state index < -0.39 is 17.3 Å². The van der Waals surface area contributed by atoms with E-state index in [0.29, 0.717) is 18.1 Å². The Morgan fingerprint density at radius 1 is 0.969 bits per heavy atom.